The first-order chi connectivity index (χ1) is 7.47. The molecule has 90 valence electrons. The Morgan fingerprint density at radius 1 is 1.31 bits per heavy atom. The number of ether oxygens (including phenoxy) is 1. The molecular weight excluding hydrogens is 200 g/mol. The second-order valence-corrected chi connectivity index (χ2v) is 5.80. The van der Waals surface area contributed by atoms with Crippen LogP contribution in [0, 0.1) is 0 Å². The first-order valence-corrected chi connectivity index (χ1v) is 6.17. The highest BCUT2D eigenvalue weighted by molar-refractivity contribution is 5.30. The van der Waals surface area contributed by atoms with E-state index in [4.69, 9.17) is 4.74 Å². The third-order valence-corrected chi connectivity index (χ3v) is 3.18. The molecule has 0 bridgehead atoms. The Morgan fingerprint density at radius 3 is 2.50 bits per heavy atom. The van der Waals surface area contributed by atoms with Crippen molar-refractivity contribution in [2.24, 2.45) is 7.05 Å². The van der Waals surface area contributed by atoms with Gasteiger partial charge in [0.05, 0.1) is 0 Å². The molecule has 0 atom stereocenters. The number of rotatable bonds is 2. The van der Waals surface area contributed by atoms with Gasteiger partial charge in [-0.2, -0.15) is 0 Å². The van der Waals surface area contributed by atoms with Crippen molar-refractivity contribution in [1.82, 2.24) is 9.78 Å². The SMILES string of the molecule is Cn1cc(C(C)(C)C)c(OC2CCCC2)n1. The summed E-state index contributed by atoms with van der Waals surface area (Å²) in [6.45, 7) is 6.60. The number of aryl methyl sites for hydroxylation is 1. The molecule has 3 heteroatoms. The molecule has 2 rings (SSSR count). The Bertz CT molecular complexity index is 356. The molecule has 0 aliphatic heterocycles. The molecule has 1 heterocycles. The van der Waals surface area contributed by atoms with Crippen LogP contribution in [0.1, 0.15) is 52.0 Å². The molecule has 0 unspecified atom stereocenters. The van der Waals surface area contributed by atoms with Crippen molar-refractivity contribution < 1.29 is 4.74 Å². The fourth-order valence-electron chi connectivity index (χ4n) is 2.23. The zero-order valence-electron chi connectivity index (χ0n) is 10.8. The molecule has 3 nitrogen and oxygen atoms in total. The van der Waals surface area contributed by atoms with Gasteiger partial charge in [-0.25, -0.2) is 0 Å². The summed E-state index contributed by atoms with van der Waals surface area (Å²) in [4.78, 5) is 0. The van der Waals surface area contributed by atoms with Gasteiger partial charge in [-0.05, 0) is 31.1 Å². The minimum absolute atomic E-state index is 0.0994. The fourth-order valence-corrected chi connectivity index (χ4v) is 2.23. The summed E-state index contributed by atoms with van der Waals surface area (Å²) in [7, 11) is 1.96. The standard InChI is InChI=1S/C13H22N2O/c1-13(2,3)11-9-15(4)14-12(11)16-10-7-5-6-8-10/h9-10H,5-8H2,1-4H3. The van der Waals surface area contributed by atoms with Crippen LogP contribution in [0.4, 0.5) is 0 Å². The highest BCUT2D eigenvalue weighted by atomic mass is 16.5. The van der Waals surface area contributed by atoms with Crippen molar-refractivity contribution in [2.75, 3.05) is 0 Å². The highest BCUT2D eigenvalue weighted by Crippen LogP contribution is 2.32. The number of hydrogen-bond donors (Lipinski definition) is 0. The minimum Gasteiger partial charge on any atom is -0.473 e. The van der Waals surface area contributed by atoms with Gasteiger partial charge in [-0.3, -0.25) is 4.68 Å². The van der Waals surface area contributed by atoms with E-state index in [1.165, 1.54) is 31.2 Å². The lowest BCUT2D eigenvalue weighted by atomic mass is 9.89. The lowest BCUT2D eigenvalue weighted by Gasteiger charge is -2.19. The van der Waals surface area contributed by atoms with Gasteiger partial charge in [0.1, 0.15) is 6.10 Å². The molecule has 0 amide bonds. The summed E-state index contributed by atoms with van der Waals surface area (Å²) in [6, 6.07) is 0. The van der Waals surface area contributed by atoms with Gasteiger partial charge in [0.2, 0.25) is 5.88 Å². The van der Waals surface area contributed by atoms with E-state index in [-0.39, 0.29) is 5.41 Å². The Balaban J connectivity index is 2.19. The van der Waals surface area contributed by atoms with Crippen molar-refractivity contribution in [2.45, 2.75) is 58.0 Å². The van der Waals surface area contributed by atoms with Gasteiger partial charge in [0, 0.05) is 18.8 Å². The lowest BCUT2D eigenvalue weighted by molar-refractivity contribution is 0.195. The summed E-state index contributed by atoms with van der Waals surface area (Å²) in [5.74, 6) is 0.835. The van der Waals surface area contributed by atoms with E-state index in [1.807, 2.05) is 11.7 Å². The fraction of sp³-hybridized carbons (Fsp3) is 0.769. The molecule has 1 aliphatic carbocycles. The molecule has 1 aromatic rings. The summed E-state index contributed by atoms with van der Waals surface area (Å²) >= 11 is 0. The van der Waals surface area contributed by atoms with E-state index in [1.54, 1.807) is 0 Å². The first kappa shape index (κ1) is 11.5. The van der Waals surface area contributed by atoms with E-state index in [2.05, 4.69) is 32.1 Å². The van der Waals surface area contributed by atoms with Gasteiger partial charge in [-0.15, -0.1) is 5.10 Å². The summed E-state index contributed by atoms with van der Waals surface area (Å²) in [6.07, 6.45) is 7.41. The molecule has 0 spiro atoms. The van der Waals surface area contributed by atoms with Crippen LogP contribution < -0.4 is 4.74 Å². The van der Waals surface area contributed by atoms with Gasteiger partial charge < -0.3 is 4.74 Å². The normalized spacial score (nSPS) is 18.0. The predicted octanol–water partition coefficient (Wildman–Crippen LogP) is 3.04. The Kier molecular flexibility index (Phi) is 2.96. The Hall–Kier alpha value is -0.990. The molecule has 16 heavy (non-hydrogen) atoms. The van der Waals surface area contributed by atoms with Crippen LogP contribution in [-0.4, -0.2) is 15.9 Å². The van der Waals surface area contributed by atoms with E-state index in [0.29, 0.717) is 6.10 Å². The average molecular weight is 222 g/mol. The third-order valence-electron chi connectivity index (χ3n) is 3.18. The number of hydrogen-bond acceptors (Lipinski definition) is 2. The van der Waals surface area contributed by atoms with Gasteiger partial charge in [0.15, 0.2) is 0 Å². The van der Waals surface area contributed by atoms with Crippen LogP contribution in [0.2, 0.25) is 0 Å². The van der Waals surface area contributed by atoms with Crippen molar-refractivity contribution in [1.29, 1.82) is 0 Å². The zero-order chi connectivity index (χ0) is 11.8. The second kappa shape index (κ2) is 4.11. The topological polar surface area (TPSA) is 27.1 Å². The molecule has 0 radical (unpaired) electrons. The minimum atomic E-state index is 0.0994. The first-order valence-electron chi connectivity index (χ1n) is 6.17. The second-order valence-electron chi connectivity index (χ2n) is 5.80. The van der Waals surface area contributed by atoms with Gasteiger partial charge in [-0.1, -0.05) is 20.8 Å². The molecule has 0 N–H and O–H groups in total. The zero-order valence-corrected chi connectivity index (χ0v) is 10.8. The molecule has 1 saturated carbocycles. The van der Waals surface area contributed by atoms with Gasteiger partial charge >= 0.3 is 0 Å². The largest absolute Gasteiger partial charge is 0.473 e. The van der Waals surface area contributed by atoms with Crippen LogP contribution in [0.25, 0.3) is 0 Å². The highest BCUT2D eigenvalue weighted by Gasteiger charge is 2.25. The number of aromatic nitrogens is 2. The van der Waals surface area contributed by atoms with Crippen molar-refractivity contribution in [3.8, 4) is 5.88 Å². The van der Waals surface area contributed by atoms with E-state index >= 15 is 0 Å². The van der Waals surface area contributed by atoms with Crippen LogP contribution in [-0.2, 0) is 12.5 Å². The van der Waals surface area contributed by atoms with Gasteiger partial charge in [0.25, 0.3) is 0 Å². The molecule has 1 aliphatic rings. The maximum Gasteiger partial charge on any atom is 0.236 e. The molecule has 0 aromatic carbocycles. The Labute approximate surface area is 97.8 Å². The van der Waals surface area contributed by atoms with E-state index in [9.17, 15) is 0 Å². The molecule has 1 fully saturated rings. The molecular formula is C13H22N2O. The maximum absolute atomic E-state index is 6.02. The van der Waals surface area contributed by atoms with Crippen LogP contribution >= 0.6 is 0 Å². The smallest absolute Gasteiger partial charge is 0.236 e. The molecule has 0 saturated heterocycles. The summed E-state index contributed by atoms with van der Waals surface area (Å²) in [5, 5.41) is 4.44. The van der Waals surface area contributed by atoms with Crippen molar-refractivity contribution in [3.05, 3.63) is 11.8 Å². The Morgan fingerprint density at radius 2 is 1.94 bits per heavy atom. The molecule has 1 aromatic heterocycles. The van der Waals surface area contributed by atoms with Crippen molar-refractivity contribution in [3.63, 3.8) is 0 Å². The summed E-state index contributed by atoms with van der Waals surface area (Å²) < 4.78 is 7.87. The number of nitrogens with zero attached hydrogens (tertiary/aromatic N) is 2. The van der Waals surface area contributed by atoms with Crippen LogP contribution in [0.3, 0.4) is 0 Å². The maximum atomic E-state index is 6.02. The quantitative estimate of drug-likeness (QED) is 0.769. The van der Waals surface area contributed by atoms with Crippen LogP contribution in [0.15, 0.2) is 6.20 Å². The lowest BCUT2D eigenvalue weighted by Crippen LogP contribution is -2.16. The third kappa shape index (κ3) is 2.39. The van der Waals surface area contributed by atoms with Crippen LogP contribution in [0.5, 0.6) is 5.88 Å². The monoisotopic (exact) mass is 222 g/mol. The predicted molar refractivity (Wildman–Crippen MR) is 64.8 cm³/mol. The average Bonchev–Trinajstić information content (AvgIpc) is 2.74. The van der Waals surface area contributed by atoms with Crippen molar-refractivity contribution >= 4 is 0 Å². The van der Waals surface area contributed by atoms with E-state index in [0.717, 1.165) is 5.88 Å². The van der Waals surface area contributed by atoms with E-state index < -0.39 is 0 Å². The summed E-state index contributed by atoms with van der Waals surface area (Å²) in [5.41, 5.74) is 1.31.